The van der Waals surface area contributed by atoms with Gasteiger partial charge in [0.15, 0.2) is 0 Å². The van der Waals surface area contributed by atoms with E-state index < -0.39 is 11.7 Å². The van der Waals surface area contributed by atoms with E-state index in [0.717, 1.165) is 22.8 Å². The molecule has 23 heavy (non-hydrogen) atoms. The first-order valence-corrected chi connectivity index (χ1v) is 8.43. The van der Waals surface area contributed by atoms with E-state index in [2.05, 4.69) is 22.5 Å². The lowest BCUT2D eigenvalue weighted by Gasteiger charge is -2.20. The Morgan fingerprint density at radius 2 is 2.00 bits per heavy atom. The molecule has 0 aliphatic heterocycles. The standard InChI is InChI=1S/C17H23N3O2S/c1-12(19-11-15-18-9-10-23-15)13-5-7-14(8-6-13)20-16(21)22-17(2,3)4/h5-10,12,19H,11H2,1-4H3,(H,20,21). The maximum atomic E-state index is 11.7. The van der Waals surface area contributed by atoms with Crippen molar-refractivity contribution in [2.24, 2.45) is 0 Å². The van der Waals surface area contributed by atoms with E-state index in [1.165, 1.54) is 0 Å². The molecule has 2 rings (SSSR count). The first kappa shape index (κ1) is 17.4. The molecule has 0 bridgehead atoms. The number of carbonyl (C=O) groups is 1. The van der Waals surface area contributed by atoms with Crippen LogP contribution < -0.4 is 10.6 Å². The van der Waals surface area contributed by atoms with Gasteiger partial charge in [0, 0.05) is 29.9 Å². The van der Waals surface area contributed by atoms with Crippen molar-refractivity contribution in [1.29, 1.82) is 0 Å². The Bertz CT molecular complexity index is 618. The van der Waals surface area contributed by atoms with Gasteiger partial charge in [-0.2, -0.15) is 0 Å². The largest absolute Gasteiger partial charge is 0.444 e. The van der Waals surface area contributed by atoms with Crippen LogP contribution in [0, 0.1) is 0 Å². The van der Waals surface area contributed by atoms with Crippen molar-refractivity contribution in [2.75, 3.05) is 5.32 Å². The van der Waals surface area contributed by atoms with Gasteiger partial charge in [0.1, 0.15) is 10.6 Å². The minimum Gasteiger partial charge on any atom is -0.444 e. The van der Waals surface area contributed by atoms with E-state index in [0.29, 0.717) is 0 Å². The average Bonchev–Trinajstić information content (AvgIpc) is 2.96. The molecule has 0 saturated heterocycles. The number of carbonyl (C=O) groups excluding carboxylic acids is 1. The molecule has 1 aromatic carbocycles. The molecule has 0 radical (unpaired) electrons. The smallest absolute Gasteiger partial charge is 0.412 e. The fourth-order valence-electron chi connectivity index (χ4n) is 1.98. The summed E-state index contributed by atoms with van der Waals surface area (Å²) in [7, 11) is 0. The molecule has 124 valence electrons. The number of hydrogen-bond acceptors (Lipinski definition) is 5. The van der Waals surface area contributed by atoms with Crippen LogP contribution in [0.15, 0.2) is 35.8 Å². The van der Waals surface area contributed by atoms with Gasteiger partial charge < -0.3 is 10.1 Å². The molecule has 0 aliphatic rings. The third kappa shape index (κ3) is 6.00. The lowest BCUT2D eigenvalue weighted by molar-refractivity contribution is 0.0636. The summed E-state index contributed by atoms with van der Waals surface area (Å²) in [6.45, 7) is 8.36. The minimum atomic E-state index is -0.502. The van der Waals surface area contributed by atoms with Crippen molar-refractivity contribution >= 4 is 23.1 Å². The maximum absolute atomic E-state index is 11.7. The fraction of sp³-hybridized carbons (Fsp3) is 0.412. The van der Waals surface area contributed by atoms with E-state index in [-0.39, 0.29) is 6.04 Å². The molecule has 5 nitrogen and oxygen atoms in total. The summed E-state index contributed by atoms with van der Waals surface area (Å²) in [6, 6.07) is 7.94. The van der Waals surface area contributed by atoms with Crippen LogP contribution in [-0.2, 0) is 11.3 Å². The average molecular weight is 333 g/mol. The van der Waals surface area contributed by atoms with Crippen molar-refractivity contribution < 1.29 is 9.53 Å². The van der Waals surface area contributed by atoms with Crippen molar-refractivity contribution in [3.63, 3.8) is 0 Å². The van der Waals surface area contributed by atoms with Gasteiger partial charge in [-0.15, -0.1) is 11.3 Å². The Labute approximate surface area is 141 Å². The monoisotopic (exact) mass is 333 g/mol. The van der Waals surface area contributed by atoms with Gasteiger partial charge >= 0.3 is 6.09 Å². The van der Waals surface area contributed by atoms with Crippen LogP contribution in [0.2, 0.25) is 0 Å². The van der Waals surface area contributed by atoms with Crippen molar-refractivity contribution in [3.8, 4) is 0 Å². The summed E-state index contributed by atoms with van der Waals surface area (Å²) in [5.74, 6) is 0. The number of aromatic nitrogens is 1. The number of hydrogen-bond donors (Lipinski definition) is 2. The second kappa shape index (κ2) is 7.57. The topological polar surface area (TPSA) is 63.2 Å². The number of amides is 1. The van der Waals surface area contributed by atoms with Crippen LogP contribution in [-0.4, -0.2) is 16.7 Å². The summed E-state index contributed by atoms with van der Waals surface area (Å²) < 4.78 is 5.23. The predicted octanol–water partition coefficient (Wildman–Crippen LogP) is 4.34. The zero-order valence-electron chi connectivity index (χ0n) is 13.9. The summed E-state index contributed by atoms with van der Waals surface area (Å²) in [6.07, 6.45) is 1.36. The Morgan fingerprint density at radius 1 is 1.30 bits per heavy atom. The Hall–Kier alpha value is -1.92. The second-order valence-electron chi connectivity index (χ2n) is 6.28. The highest BCUT2D eigenvalue weighted by atomic mass is 32.1. The lowest BCUT2D eigenvalue weighted by Crippen LogP contribution is -2.27. The van der Waals surface area contributed by atoms with Crippen LogP contribution >= 0.6 is 11.3 Å². The molecule has 1 heterocycles. The first-order chi connectivity index (χ1) is 10.8. The lowest BCUT2D eigenvalue weighted by atomic mass is 10.1. The van der Waals surface area contributed by atoms with Gasteiger partial charge in [-0.05, 0) is 45.4 Å². The summed E-state index contributed by atoms with van der Waals surface area (Å²) in [5, 5.41) is 9.20. The fourth-order valence-corrected chi connectivity index (χ4v) is 2.54. The molecule has 1 unspecified atom stereocenters. The van der Waals surface area contributed by atoms with Crippen LogP contribution in [0.4, 0.5) is 10.5 Å². The highest BCUT2D eigenvalue weighted by molar-refractivity contribution is 7.09. The molecule has 0 fully saturated rings. The zero-order chi connectivity index (χ0) is 16.9. The van der Waals surface area contributed by atoms with E-state index >= 15 is 0 Å². The Kier molecular flexibility index (Phi) is 5.74. The number of nitrogens with one attached hydrogen (secondary N) is 2. The number of benzene rings is 1. The molecule has 2 aromatic rings. The SMILES string of the molecule is CC(NCc1nccs1)c1ccc(NC(=O)OC(C)(C)C)cc1. The van der Waals surface area contributed by atoms with Crippen molar-refractivity contribution in [3.05, 3.63) is 46.4 Å². The molecule has 6 heteroatoms. The van der Waals surface area contributed by atoms with Gasteiger partial charge in [-0.1, -0.05) is 12.1 Å². The van der Waals surface area contributed by atoms with Crippen LogP contribution in [0.1, 0.15) is 44.3 Å². The number of ether oxygens (including phenoxy) is 1. The number of rotatable bonds is 5. The highest BCUT2D eigenvalue weighted by Crippen LogP contribution is 2.18. The van der Waals surface area contributed by atoms with Gasteiger partial charge in [-0.25, -0.2) is 9.78 Å². The van der Waals surface area contributed by atoms with Crippen molar-refractivity contribution in [1.82, 2.24) is 10.3 Å². The molecule has 1 atom stereocenters. The minimum absolute atomic E-state index is 0.203. The first-order valence-electron chi connectivity index (χ1n) is 7.55. The van der Waals surface area contributed by atoms with Gasteiger partial charge in [0.05, 0.1) is 0 Å². The molecule has 1 aromatic heterocycles. The van der Waals surface area contributed by atoms with Gasteiger partial charge in [-0.3, -0.25) is 5.32 Å². The molecule has 0 aliphatic carbocycles. The zero-order valence-corrected chi connectivity index (χ0v) is 14.7. The van der Waals surface area contributed by atoms with Gasteiger partial charge in [0.2, 0.25) is 0 Å². The molecule has 2 N–H and O–H groups in total. The number of thiazole rings is 1. The maximum Gasteiger partial charge on any atom is 0.412 e. The highest BCUT2D eigenvalue weighted by Gasteiger charge is 2.16. The molecule has 1 amide bonds. The number of anilines is 1. The third-order valence-corrected chi connectivity index (χ3v) is 3.88. The predicted molar refractivity (Wildman–Crippen MR) is 93.7 cm³/mol. The van der Waals surface area contributed by atoms with E-state index in [4.69, 9.17) is 4.74 Å². The quantitative estimate of drug-likeness (QED) is 0.854. The Balaban J connectivity index is 1.87. The van der Waals surface area contributed by atoms with Crippen molar-refractivity contribution in [2.45, 2.75) is 45.9 Å². The van der Waals surface area contributed by atoms with E-state index in [1.54, 1.807) is 11.3 Å². The third-order valence-electron chi connectivity index (χ3n) is 3.10. The molecular weight excluding hydrogens is 310 g/mol. The molecule has 0 saturated carbocycles. The van der Waals surface area contributed by atoms with E-state index in [9.17, 15) is 4.79 Å². The van der Waals surface area contributed by atoms with Crippen LogP contribution in [0.5, 0.6) is 0 Å². The van der Waals surface area contributed by atoms with E-state index in [1.807, 2.05) is 56.6 Å². The van der Waals surface area contributed by atoms with Crippen LogP contribution in [0.25, 0.3) is 0 Å². The van der Waals surface area contributed by atoms with Gasteiger partial charge in [0.25, 0.3) is 0 Å². The Morgan fingerprint density at radius 3 is 2.57 bits per heavy atom. The van der Waals surface area contributed by atoms with Crippen LogP contribution in [0.3, 0.4) is 0 Å². The summed E-state index contributed by atoms with van der Waals surface area (Å²) >= 11 is 1.64. The number of nitrogens with zero attached hydrogens (tertiary/aromatic N) is 1. The molecular formula is C17H23N3O2S. The molecule has 0 spiro atoms. The summed E-state index contributed by atoms with van der Waals surface area (Å²) in [4.78, 5) is 16.0. The summed E-state index contributed by atoms with van der Waals surface area (Å²) in [5.41, 5.74) is 1.37. The normalized spacial score (nSPS) is 12.7. The second-order valence-corrected chi connectivity index (χ2v) is 7.26.